The molecule has 0 atom stereocenters. The second-order valence-corrected chi connectivity index (χ2v) is 3.49. The number of hydrogen-bond donors (Lipinski definition) is 2. The summed E-state index contributed by atoms with van der Waals surface area (Å²) >= 11 is 0. The fourth-order valence-corrected chi connectivity index (χ4v) is 1.46. The van der Waals surface area contributed by atoms with Crippen molar-refractivity contribution in [2.24, 2.45) is 5.73 Å². The molecule has 0 saturated carbocycles. The monoisotopic (exact) mass is 246 g/mol. The van der Waals surface area contributed by atoms with Gasteiger partial charge in [0.05, 0.1) is 0 Å². The minimum absolute atomic E-state index is 0.0618. The van der Waals surface area contributed by atoms with Crippen molar-refractivity contribution in [1.82, 2.24) is 14.6 Å². The van der Waals surface area contributed by atoms with Crippen molar-refractivity contribution in [3.63, 3.8) is 0 Å². The molecule has 0 fully saturated rings. The molecule has 0 radical (unpaired) electrons. The highest BCUT2D eigenvalue weighted by Crippen LogP contribution is 2.27. The number of aromatic amines is 1. The fourth-order valence-electron chi connectivity index (χ4n) is 1.46. The highest BCUT2D eigenvalue weighted by molar-refractivity contribution is 5.40. The minimum atomic E-state index is -4.53. The zero-order valence-corrected chi connectivity index (χ0v) is 8.58. The largest absolute Gasteiger partial charge is 0.432 e. The van der Waals surface area contributed by atoms with Gasteiger partial charge in [0, 0.05) is 24.2 Å². The average Bonchev–Trinajstić information content (AvgIpc) is 2.61. The number of nitrogens with one attached hydrogen (secondary N) is 1. The van der Waals surface area contributed by atoms with Gasteiger partial charge in [0.1, 0.15) is 5.69 Å². The van der Waals surface area contributed by atoms with Crippen LogP contribution in [0.5, 0.6) is 0 Å². The number of alkyl halides is 3. The van der Waals surface area contributed by atoms with Crippen LogP contribution in [0.3, 0.4) is 0 Å². The Morgan fingerprint density at radius 3 is 2.71 bits per heavy atom. The maximum absolute atomic E-state index is 12.4. The molecule has 17 heavy (non-hydrogen) atoms. The lowest BCUT2D eigenvalue weighted by molar-refractivity contribution is -0.141. The summed E-state index contributed by atoms with van der Waals surface area (Å²) in [4.78, 5) is 15.4. The number of rotatable bonds is 2. The number of hydrogen-bond acceptors (Lipinski definition) is 3. The molecule has 0 bridgehead atoms. The Hall–Kier alpha value is -1.83. The third kappa shape index (κ3) is 2.16. The zero-order chi connectivity index (χ0) is 12.6. The van der Waals surface area contributed by atoms with Crippen LogP contribution in [-0.4, -0.2) is 21.1 Å². The predicted octanol–water partition coefficient (Wildman–Crippen LogP) is 0.543. The average molecular weight is 246 g/mol. The molecule has 2 aromatic rings. The van der Waals surface area contributed by atoms with E-state index in [9.17, 15) is 18.0 Å². The van der Waals surface area contributed by atoms with Gasteiger partial charge in [-0.05, 0) is 6.54 Å². The van der Waals surface area contributed by atoms with Gasteiger partial charge >= 0.3 is 6.18 Å². The van der Waals surface area contributed by atoms with Crippen molar-refractivity contribution in [2.45, 2.75) is 12.6 Å². The number of H-pyrrole nitrogens is 1. The maximum Gasteiger partial charge on any atom is 0.432 e. The van der Waals surface area contributed by atoms with Crippen LogP contribution in [0.15, 0.2) is 16.9 Å². The molecule has 2 heterocycles. The lowest BCUT2D eigenvalue weighted by Crippen LogP contribution is -2.17. The summed E-state index contributed by atoms with van der Waals surface area (Å²) in [6, 6.07) is 1.96. The maximum atomic E-state index is 12.4. The molecule has 8 heteroatoms. The summed E-state index contributed by atoms with van der Waals surface area (Å²) in [5, 5.41) is 1.96. The Morgan fingerprint density at radius 1 is 1.41 bits per heavy atom. The summed E-state index contributed by atoms with van der Waals surface area (Å²) < 4.78 is 38.0. The van der Waals surface area contributed by atoms with Crippen molar-refractivity contribution < 1.29 is 13.2 Å². The van der Waals surface area contributed by atoms with Crippen molar-refractivity contribution >= 4 is 5.65 Å². The Kier molecular flexibility index (Phi) is 2.66. The molecule has 0 saturated heterocycles. The van der Waals surface area contributed by atoms with Gasteiger partial charge in [-0.2, -0.15) is 13.2 Å². The van der Waals surface area contributed by atoms with Crippen LogP contribution in [-0.2, 0) is 12.6 Å². The van der Waals surface area contributed by atoms with Gasteiger partial charge in [-0.15, -0.1) is 0 Å². The molecule has 0 aliphatic rings. The predicted molar refractivity (Wildman–Crippen MR) is 53.6 cm³/mol. The van der Waals surface area contributed by atoms with E-state index >= 15 is 0 Å². The zero-order valence-electron chi connectivity index (χ0n) is 8.58. The van der Waals surface area contributed by atoms with Crippen LogP contribution in [0.4, 0.5) is 13.2 Å². The normalized spacial score (nSPS) is 12.2. The second kappa shape index (κ2) is 3.88. The van der Waals surface area contributed by atoms with E-state index in [4.69, 9.17) is 5.73 Å². The Bertz CT molecular complexity index is 598. The highest BCUT2D eigenvalue weighted by Gasteiger charge is 2.33. The van der Waals surface area contributed by atoms with Crippen LogP contribution in [0.25, 0.3) is 5.65 Å². The quantitative estimate of drug-likeness (QED) is 0.812. The van der Waals surface area contributed by atoms with Crippen LogP contribution in [0.1, 0.15) is 11.4 Å². The molecule has 2 aromatic heterocycles. The first kappa shape index (κ1) is 11.6. The highest BCUT2D eigenvalue weighted by atomic mass is 19.4. The molecule has 3 N–H and O–H groups in total. The first-order valence-corrected chi connectivity index (χ1v) is 4.81. The number of fused-ring (bicyclic) bond motifs is 1. The standard InChI is InChI=1S/C9H9F3N4O/c10-9(11,12)6-4-7-14-5(1-2-13)3-8(17)16(7)15-6/h3-4,15H,1-2,13H2. The Balaban J connectivity index is 2.61. The second-order valence-electron chi connectivity index (χ2n) is 3.49. The van der Waals surface area contributed by atoms with Crippen LogP contribution >= 0.6 is 0 Å². The first-order valence-electron chi connectivity index (χ1n) is 4.81. The molecule has 0 aliphatic heterocycles. The summed E-state index contributed by atoms with van der Waals surface area (Å²) in [7, 11) is 0. The van der Waals surface area contributed by atoms with E-state index in [1.54, 1.807) is 0 Å². The number of aromatic nitrogens is 3. The van der Waals surface area contributed by atoms with Gasteiger partial charge in [0.15, 0.2) is 5.65 Å². The Morgan fingerprint density at radius 2 is 2.12 bits per heavy atom. The fraction of sp³-hybridized carbons (Fsp3) is 0.333. The van der Waals surface area contributed by atoms with Crippen LogP contribution in [0, 0.1) is 0 Å². The van der Waals surface area contributed by atoms with Crippen LogP contribution < -0.4 is 11.3 Å². The van der Waals surface area contributed by atoms with Crippen molar-refractivity contribution in [3.05, 3.63) is 33.9 Å². The molecular formula is C9H9F3N4O. The summed E-state index contributed by atoms with van der Waals surface area (Å²) in [6.45, 7) is 0.277. The van der Waals surface area contributed by atoms with Crippen LogP contribution in [0.2, 0.25) is 0 Å². The van der Waals surface area contributed by atoms with Crippen molar-refractivity contribution in [3.8, 4) is 0 Å². The lowest BCUT2D eigenvalue weighted by atomic mass is 10.3. The van der Waals surface area contributed by atoms with Crippen molar-refractivity contribution in [2.75, 3.05) is 6.54 Å². The molecule has 0 spiro atoms. The van der Waals surface area contributed by atoms with Crippen molar-refractivity contribution in [1.29, 1.82) is 0 Å². The molecular weight excluding hydrogens is 237 g/mol. The van der Waals surface area contributed by atoms with Gasteiger partial charge in [-0.3, -0.25) is 9.89 Å². The van der Waals surface area contributed by atoms with E-state index in [1.807, 2.05) is 5.10 Å². The smallest absolute Gasteiger partial charge is 0.330 e. The number of halogens is 3. The SMILES string of the molecule is NCCc1cc(=O)n2[nH]c(C(F)(F)F)cc2n1. The third-order valence-corrected chi connectivity index (χ3v) is 2.21. The van der Waals surface area contributed by atoms with E-state index < -0.39 is 17.4 Å². The van der Waals surface area contributed by atoms with E-state index in [0.717, 1.165) is 16.6 Å². The van der Waals surface area contributed by atoms with E-state index in [1.165, 1.54) is 0 Å². The summed E-state index contributed by atoms with van der Waals surface area (Å²) in [5.41, 5.74) is 4.01. The third-order valence-electron chi connectivity index (χ3n) is 2.21. The number of nitrogens with zero attached hydrogens (tertiary/aromatic N) is 2. The van der Waals surface area contributed by atoms with Gasteiger partial charge < -0.3 is 5.73 Å². The lowest BCUT2D eigenvalue weighted by Gasteiger charge is -2.00. The summed E-state index contributed by atoms with van der Waals surface area (Å²) in [6.07, 6.45) is -4.19. The first-order chi connectivity index (χ1) is 7.91. The molecule has 2 rings (SSSR count). The van der Waals surface area contributed by atoms with E-state index in [-0.39, 0.29) is 12.2 Å². The topological polar surface area (TPSA) is 76.2 Å². The van der Waals surface area contributed by atoms with Gasteiger partial charge in [0.25, 0.3) is 5.56 Å². The molecule has 0 aliphatic carbocycles. The van der Waals surface area contributed by atoms with Gasteiger partial charge in [-0.25, -0.2) is 9.50 Å². The molecule has 5 nitrogen and oxygen atoms in total. The van der Waals surface area contributed by atoms with E-state index in [0.29, 0.717) is 12.1 Å². The molecule has 0 amide bonds. The number of nitrogens with two attached hydrogens (primary N) is 1. The Labute approximate surface area is 93.1 Å². The summed E-state index contributed by atoms with van der Waals surface area (Å²) in [5.74, 6) is 0. The molecule has 0 unspecified atom stereocenters. The molecule has 0 aromatic carbocycles. The molecule has 92 valence electrons. The van der Waals surface area contributed by atoms with Gasteiger partial charge in [-0.1, -0.05) is 0 Å². The minimum Gasteiger partial charge on any atom is -0.330 e. The van der Waals surface area contributed by atoms with E-state index in [2.05, 4.69) is 4.98 Å². The van der Waals surface area contributed by atoms with Gasteiger partial charge in [0.2, 0.25) is 0 Å².